The van der Waals surface area contributed by atoms with Gasteiger partial charge in [0.05, 0.1) is 31.2 Å². The van der Waals surface area contributed by atoms with Crippen LogP contribution in [-0.4, -0.2) is 122 Å². The van der Waals surface area contributed by atoms with Crippen LogP contribution in [0.3, 0.4) is 0 Å². The zero-order valence-corrected chi connectivity index (χ0v) is 34.2. The molecular weight excluding hydrogens is 726 g/mol. The zero-order valence-electron chi connectivity index (χ0n) is 34.2. The van der Waals surface area contributed by atoms with E-state index in [2.05, 4.69) is 0 Å². The maximum atomic E-state index is 13.6. The smallest absolute Gasteiger partial charge is 0.306 e. The van der Waals surface area contributed by atoms with Crippen LogP contribution >= 0.6 is 0 Å². The van der Waals surface area contributed by atoms with Crippen molar-refractivity contribution in [1.29, 1.82) is 0 Å². The minimum Gasteiger partial charge on any atom is -0.465 e. The number of amides is 1. The average molecular weight is 788 g/mol. The third-order valence-corrected chi connectivity index (χ3v) is 8.68. The first kappa shape index (κ1) is 50.6. The van der Waals surface area contributed by atoms with Gasteiger partial charge in [-0.1, -0.05) is 34.6 Å². The summed E-state index contributed by atoms with van der Waals surface area (Å²) in [6.07, 6.45) is -1.58. The molecule has 55 heavy (non-hydrogen) atoms. The number of esters is 6. The molecule has 0 aliphatic heterocycles. The highest BCUT2D eigenvalue weighted by atomic mass is 16.6. The number of Topliss-reactive ketones (excluding diaryl/α,β-unsaturated/α-hetero) is 2. The lowest BCUT2D eigenvalue weighted by Crippen LogP contribution is -2.49. The van der Waals surface area contributed by atoms with Gasteiger partial charge in [-0.2, -0.15) is 0 Å². The molecule has 0 fully saturated rings. The number of hydrogen-bond acceptors (Lipinski definition) is 16. The number of rotatable bonds is 26. The van der Waals surface area contributed by atoms with Crippen LogP contribution in [0.4, 0.5) is 0 Å². The molecule has 0 aromatic rings. The number of hydrogen-bond donors (Lipinski definition) is 1. The summed E-state index contributed by atoms with van der Waals surface area (Å²) in [5.74, 6) is -6.66. The molecule has 0 saturated heterocycles. The Bertz CT molecular complexity index is 1320. The number of ether oxygens (including phenoxy) is 6. The first-order valence-corrected chi connectivity index (χ1v) is 18.2. The molecule has 0 saturated carbocycles. The van der Waals surface area contributed by atoms with Crippen molar-refractivity contribution >= 4 is 53.3 Å². The molecule has 0 aromatic heterocycles. The van der Waals surface area contributed by atoms with E-state index in [1.54, 1.807) is 20.8 Å². The second-order valence-electron chi connectivity index (χ2n) is 15.1. The van der Waals surface area contributed by atoms with E-state index in [0.717, 1.165) is 13.8 Å². The third kappa shape index (κ3) is 20.7. The van der Waals surface area contributed by atoms with Crippen LogP contribution in [0.25, 0.3) is 0 Å². The molecule has 0 aliphatic rings. The molecule has 3 atom stereocenters. The van der Waals surface area contributed by atoms with Crippen LogP contribution in [0.5, 0.6) is 0 Å². The van der Waals surface area contributed by atoms with Gasteiger partial charge in [-0.15, -0.1) is 0 Å². The largest absolute Gasteiger partial charge is 0.465 e. The Morgan fingerprint density at radius 3 is 1.51 bits per heavy atom. The molecule has 1 N–H and O–H groups in total. The number of nitrogens with zero attached hydrogens (tertiary/aromatic N) is 1. The van der Waals surface area contributed by atoms with Crippen molar-refractivity contribution < 1.29 is 76.7 Å². The number of carbonyl (C=O) groups excluding carboxylic acids is 9. The Labute approximate surface area is 323 Å². The van der Waals surface area contributed by atoms with E-state index >= 15 is 0 Å². The van der Waals surface area contributed by atoms with Crippen LogP contribution < -0.4 is 0 Å². The summed E-state index contributed by atoms with van der Waals surface area (Å²) in [6, 6.07) is -0.858. The van der Waals surface area contributed by atoms with Gasteiger partial charge in [0.2, 0.25) is 5.91 Å². The van der Waals surface area contributed by atoms with Gasteiger partial charge in [-0.25, -0.2) is 0 Å². The summed E-state index contributed by atoms with van der Waals surface area (Å²) in [7, 11) is 0. The van der Waals surface area contributed by atoms with Crippen LogP contribution in [0, 0.1) is 28.6 Å². The highest BCUT2D eigenvalue weighted by molar-refractivity contribution is 5.93. The summed E-state index contributed by atoms with van der Waals surface area (Å²) in [5.41, 5.74) is -2.81. The van der Waals surface area contributed by atoms with E-state index in [-0.39, 0.29) is 77.1 Å². The average Bonchev–Trinajstić information content (AvgIpc) is 3.07. The van der Waals surface area contributed by atoms with Gasteiger partial charge in [-0.05, 0) is 19.3 Å². The molecule has 17 nitrogen and oxygen atoms in total. The van der Waals surface area contributed by atoms with Crippen LogP contribution in [-0.2, 0) is 71.6 Å². The lowest BCUT2D eigenvalue weighted by Gasteiger charge is -2.34. The zero-order chi connectivity index (χ0) is 42.7. The molecule has 3 unspecified atom stereocenters. The van der Waals surface area contributed by atoms with Crippen LogP contribution in [0.1, 0.15) is 102 Å². The molecule has 0 aliphatic carbocycles. The van der Waals surface area contributed by atoms with Crippen LogP contribution in [0.2, 0.25) is 0 Å². The van der Waals surface area contributed by atoms with Crippen LogP contribution in [0.15, 0.2) is 0 Å². The molecule has 0 aromatic carbocycles. The molecular formula is C38H61NO16. The van der Waals surface area contributed by atoms with E-state index in [0.29, 0.717) is 0 Å². The maximum Gasteiger partial charge on any atom is 0.306 e. The number of ketones is 2. The van der Waals surface area contributed by atoms with Crippen molar-refractivity contribution in [3.05, 3.63) is 0 Å². The fraction of sp³-hybridized carbons (Fsp3) is 0.763. The lowest BCUT2D eigenvalue weighted by molar-refractivity contribution is -0.163. The first-order valence-electron chi connectivity index (χ1n) is 18.2. The highest BCUT2D eigenvalue weighted by Gasteiger charge is 2.45. The van der Waals surface area contributed by atoms with E-state index in [4.69, 9.17) is 28.4 Å². The first-order chi connectivity index (χ1) is 25.3. The summed E-state index contributed by atoms with van der Waals surface area (Å²) < 4.78 is 31.0. The maximum absolute atomic E-state index is 13.6. The predicted octanol–water partition coefficient (Wildman–Crippen LogP) is 2.54. The summed E-state index contributed by atoms with van der Waals surface area (Å²) in [5, 5.41) is 10.9. The monoisotopic (exact) mass is 787 g/mol. The van der Waals surface area contributed by atoms with Gasteiger partial charge < -0.3 is 38.4 Å². The topological polar surface area (TPSA) is 232 Å². The summed E-state index contributed by atoms with van der Waals surface area (Å²) >= 11 is 0. The van der Waals surface area contributed by atoms with Gasteiger partial charge in [0.25, 0.3) is 0 Å². The summed E-state index contributed by atoms with van der Waals surface area (Å²) in [4.78, 5) is 111. The van der Waals surface area contributed by atoms with Gasteiger partial charge in [-0.3, -0.25) is 43.2 Å². The molecule has 1 amide bonds. The number of aliphatic hydroxyl groups is 1. The lowest BCUT2D eigenvalue weighted by atomic mass is 9.71. The van der Waals surface area contributed by atoms with Crippen molar-refractivity contribution in [1.82, 2.24) is 4.90 Å². The minimum atomic E-state index is -1.46. The normalized spacial score (nSPS) is 13.2. The van der Waals surface area contributed by atoms with Gasteiger partial charge in [0, 0.05) is 71.3 Å². The van der Waals surface area contributed by atoms with Gasteiger partial charge >= 0.3 is 35.8 Å². The Hall–Kier alpha value is -4.41. The molecule has 17 heteroatoms. The molecule has 0 bridgehead atoms. The fourth-order valence-corrected chi connectivity index (χ4v) is 5.29. The summed E-state index contributed by atoms with van der Waals surface area (Å²) in [6.45, 7) is 13.4. The fourth-order valence-electron chi connectivity index (χ4n) is 5.29. The molecule has 0 spiro atoms. The SMILES string of the molecule is CC(=O)OCC(COC(C)=O)N(CC(O)C(C)CCC(=O)OCC(COC(=O)CC(C)(C)C(=O)C(C)(COC(C)=O)COC(C)=O)CC(=O)C(C)C)C(C)=O. The van der Waals surface area contributed by atoms with Gasteiger partial charge in [0.1, 0.15) is 38.3 Å². The molecule has 0 radical (unpaired) electrons. The van der Waals surface area contributed by atoms with Crippen molar-refractivity contribution in [3.63, 3.8) is 0 Å². The van der Waals surface area contributed by atoms with Crippen molar-refractivity contribution in [2.24, 2.45) is 28.6 Å². The minimum absolute atomic E-state index is 0.0682. The Morgan fingerprint density at radius 2 is 1.09 bits per heavy atom. The third-order valence-electron chi connectivity index (χ3n) is 8.68. The van der Waals surface area contributed by atoms with Crippen molar-refractivity contribution in [3.8, 4) is 0 Å². The van der Waals surface area contributed by atoms with E-state index < -0.39 is 88.7 Å². The van der Waals surface area contributed by atoms with E-state index in [1.807, 2.05) is 0 Å². The van der Waals surface area contributed by atoms with Crippen molar-refractivity contribution in [2.45, 2.75) is 114 Å². The molecule has 314 valence electrons. The second-order valence-corrected chi connectivity index (χ2v) is 15.1. The van der Waals surface area contributed by atoms with E-state index in [1.165, 1.54) is 46.4 Å². The quantitative estimate of drug-likeness (QED) is 0.0980. The predicted molar refractivity (Wildman–Crippen MR) is 193 cm³/mol. The number of aliphatic hydroxyl groups excluding tert-OH is 1. The number of carbonyl (C=O) groups is 9. The molecule has 0 rings (SSSR count). The Morgan fingerprint density at radius 1 is 0.636 bits per heavy atom. The van der Waals surface area contributed by atoms with E-state index in [9.17, 15) is 48.3 Å². The van der Waals surface area contributed by atoms with Crippen molar-refractivity contribution in [2.75, 3.05) is 46.2 Å². The second kappa shape index (κ2) is 24.2. The van der Waals surface area contributed by atoms with Gasteiger partial charge in [0.15, 0.2) is 5.78 Å². The Balaban J connectivity index is 5.49. The molecule has 0 heterocycles. The highest BCUT2D eigenvalue weighted by Crippen LogP contribution is 2.34. The standard InChI is InChI=1S/C38H61NO16/c1-23(2)32(45)14-30(18-53-35(48)15-37(9,10)36(49)38(11,21-54-28(7)43)22-55-29(8)44)17-52-34(47)13-12-24(3)33(46)16-39(25(4)40)31(19-50-26(5)41)20-51-27(6)42/h23-24,30-31,33,46H,12-22H2,1-11H3. The Kier molecular flexibility index (Phi) is 22.2.